The van der Waals surface area contributed by atoms with Gasteiger partial charge in [-0.05, 0) is 55.7 Å². The maximum absolute atomic E-state index is 12.1. The maximum atomic E-state index is 12.1. The molecule has 2 aromatic rings. The Hall–Kier alpha value is -2.44. The minimum Gasteiger partial charge on any atom is -0.322 e. The Morgan fingerprint density at radius 1 is 1.08 bits per heavy atom. The molecule has 0 heterocycles. The first kappa shape index (κ1) is 17.9. The highest BCUT2D eigenvalue weighted by atomic mass is 32.2. The Morgan fingerprint density at radius 3 is 2.29 bits per heavy atom. The molecule has 0 saturated heterocycles. The highest BCUT2D eigenvalue weighted by Crippen LogP contribution is 2.23. The molecule has 0 fully saturated rings. The van der Waals surface area contributed by atoms with Crippen molar-refractivity contribution in [3.8, 4) is 0 Å². The number of anilines is 1. The molecule has 0 atom stereocenters. The van der Waals surface area contributed by atoms with Gasteiger partial charge in [0.15, 0.2) is 0 Å². The van der Waals surface area contributed by atoms with Crippen LogP contribution in [0.25, 0.3) is 6.08 Å². The lowest BCUT2D eigenvalue weighted by molar-refractivity contribution is -0.111. The zero-order valence-corrected chi connectivity index (χ0v) is 14.6. The van der Waals surface area contributed by atoms with Crippen molar-refractivity contribution in [2.75, 3.05) is 5.32 Å². The minimum atomic E-state index is -3.83. The Morgan fingerprint density at radius 2 is 1.71 bits per heavy atom. The van der Waals surface area contributed by atoms with Gasteiger partial charge in [0.05, 0.1) is 4.90 Å². The van der Waals surface area contributed by atoms with Gasteiger partial charge < -0.3 is 5.32 Å². The SMILES string of the molecule is Cc1ccc(/C=C/C(=O)Nc2cc(S(N)(=O)=O)cc(C)c2C)cc1. The molecule has 1 amide bonds. The number of hydrogen-bond donors (Lipinski definition) is 2. The summed E-state index contributed by atoms with van der Waals surface area (Å²) in [5.41, 5.74) is 4.00. The van der Waals surface area contributed by atoms with Crippen LogP contribution in [-0.4, -0.2) is 14.3 Å². The molecule has 3 N–H and O–H groups in total. The van der Waals surface area contributed by atoms with E-state index in [1.54, 1.807) is 13.0 Å². The molecule has 5 nitrogen and oxygen atoms in total. The number of aryl methyl sites for hydroxylation is 2. The van der Waals surface area contributed by atoms with Crippen LogP contribution in [0.1, 0.15) is 22.3 Å². The molecule has 2 aromatic carbocycles. The molecule has 0 unspecified atom stereocenters. The zero-order valence-electron chi connectivity index (χ0n) is 13.8. The number of carbonyl (C=O) groups is 1. The molecule has 6 heteroatoms. The summed E-state index contributed by atoms with van der Waals surface area (Å²) in [5.74, 6) is -0.343. The van der Waals surface area contributed by atoms with Gasteiger partial charge in [-0.2, -0.15) is 0 Å². The van der Waals surface area contributed by atoms with Crippen LogP contribution >= 0.6 is 0 Å². The largest absolute Gasteiger partial charge is 0.322 e. The van der Waals surface area contributed by atoms with Crippen molar-refractivity contribution >= 4 is 27.7 Å². The monoisotopic (exact) mass is 344 g/mol. The molecule has 0 aliphatic carbocycles. The third-order valence-electron chi connectivity index (χ3n) is 3.73. The summed E-state index contributed by atoms with van der Waals surface area (Å²) < 4.78 is 23.0. The fraction of sp³-hybridized carbons (Fsp3) is 0.167. The van der Waals surface area contributed by atoms with Crippen molar-refractivity contribution in [1.82, 2.24) is 0 Å². The Kier molecular flexibility index (Phi) is 5.21. The first-order valence-corrected chi connectivity index (χ1v) is 8.91. The van der Waals surface area contributed by atoms with E-state index in [4.69, 9.17) is 5.14 Å². The Labute approximate surface area is 142 Å². The van der Waals surface area contributed by atoms with Crippen LogP contribution in [0.5, 0.6) is 0 Å². The Bertz CT molecular complexity index is 899. The summed E-state index contributed by atoms with van der Waals surface area (Å²) in [4.78, 5) is 12.1. The quantitative estimate of drug-likeness (QED) is 0.836. The number of nitrogens with two attached hydrogens (primary N) is 1. The van der Waals surface area contributed by atoms with Crippen LogP contribution in [-0.2, 0) is 14.8 Å². The smallest absolute Gasteiger partial charge is 0.248 e. The molecular formula is C18H20N2O3S. The van der Waals surface area contributed by atoms with E-state index in [-0.39, 0.29) is 10.8 Å². The average molecular weight is 344 g/mol. The predicted octanol–water partition coefficient (Wildman–Crippen LogP) is 2.91. The first-order chi connectivity index (χ1) is 11.2. The van der Waals surface area contributed by atoms with E-state index in [9.17, 15) is 13.2 Å². The topological polar surface area (TPSA) is 89.3 Å². The number of benzene rings is 2. The van der Waals surface area contributed by atoms with Crippen LogP contribution in [0.2, 0.25) is 0 Å². The molecule has 0 saturated carbocycles. The summed E-state index contributed by atoms with van der Waals surface area (Å²) >= 11 is 0. The number of sulfonamides is 1. The van der Waals surface area contributed by atoms with Crippen LogP contribution in [0, 0.1) is 20.8 Å². The van der Waals surface area contributed by atoms with Crippen LogP contribution in [0.15, 0.2) is 47.4 Å². The highest BCUT2D eigenvalue weighted by molar-refractivity contribution is 7.89. The molecule has 0 bridgehead atoms. The molecule has 2 rings (SSSR count). The molecule has 0 radical (unpaired) electrons. The van der Waals surface area contributed by atoms with Crippen LogP contribution in [0.3, 0.4) is 0 Å². The molecule has 0 aromatic heterocycles. The van der Waals surface area contributed by atoms with Crippen molar-refractivity contribution in [2.24, 2.45) is 5.14 Å². The van der Waals surface area contributed by atoms with Crippen molar-refractivity contribution in [2.45, 2.75) is 25.7 Å². The van der Waals surface area contributed by atoms with Gasteiger partial charge in [-0.15, -0.1) is 0 Å². The van der Waals surface area contributed by atoms with Gasteiger partial charge in [-0.3, -0.25) is 4.79 Å². The second-order valence-electron chi connectivity index (χ2n) is 5.69. The van der Waals surface area contributed by atoms with E-state index in [2.05, 4.69) is 5.32 Å². The number of amides is 1. The van der Waals surface area contributed by atoms with E-state index in [1.165, 1.54) is 18.2 Å². The van der Waals surface area contributed by atoms with E-state index in [0.717, 1.165) is 22.3 Å². The maximum Gasteiger partial charge on any atom is 0.248 e. The number of nitrogens with one attached hydrogen (secondary N) is 1. The van der Waals surface area contributed by atoms with Gasteiger partial charge in [0.25, 0.3) is 0 Å². The second-order valence-corrected chi connectivity index (χ2v) is 7.25. The van der Waals surface area contributed by atoms with Gasteiger partial charge in [0.2, 0.25) is 15.9 Å². The molecule has 0 spiro atoms. The summed E-state index contributed by atoms with van der Waals surface area (Å²) in [6.45, 7) is 5.56. The molecular weight excluding hydrogens is 324 g/mol. The van der Waals surface area contributed by atoms with Crippen molar-refractivity contribution < 1.29 is 13.2 Å². The van der Waals surface area contributed by atoms with Gasteiger partial charge in [0, 0.05) is 11.8 Å². The third kappa shape index (κ3) is 4.53. The molecule has 0 aliphatic rings. The third-order valence-corrected chi connectivity index (χ3v) is 4.62. The van der Waals surface area contributed by atoms with Crippen molar-refractivity contribution in [3.05, 3.63) is 64.7 Å². The standard InChI is InChI=1S/C18H20N2O3S/c1-12-4-6-15(7-5-12)8-9-18(21)20-17-11-16(24(19,22)23)10-13(2)14(17)3/h4-11H,1-3H3,(H,20,21)(H2,19,22,23)/b9-8+. The van der Waals surface area contributed by atoms with Gasteiger partial charge >= 0.3 is 0 Å². The van der Waals surface area contributed by atoms with Crippen LogP contribution < -0.4 is 10.5 Å². The van der Waals surface area contributed by atoms with Gasteiger partial charge in [-0.1, -0.05) is 29.8 Å². The van der Waals surface area contributed by atoms with Crippen molar-refractivity contribution in [1.29, 1.82) is 0 Å². The van der Waals surface area contributed by atoms with E-state index in [0.29, 0.717) is 5.69 Å². The zero-order chi connectivity index (χ0) is 17.9. The number of primary sulfonamides is 1. The van der Waals surface area contributed by atoms with E-state index in [1.807, 2.05) is 38.1 Å². The lowest BCUT2D eigenvalue weighted by atomic mass is 10.1. The summed E-state index contributed by atoms with van der Waals surface area (Å²) in [7, 11) is -3.83. The normalized spacial score (nSPS) is 11.7. The number of carbonyl (C=O) groups excluding carboxylic acids is 1. The van der Waals surface area contributed by atoms with E-state index >= 15 is 0 Å². The summed E-state index contributed by atoms with van der Waals surface area (Å²) in [6, 6.07) is 10.6. The predicted molar refractivity (Wildman–Crippen MR) is 96.1 cm³/mol. The summed E-state index contributed by atoms with van der Waals surface area (Å²) in [6.07, 6.45) is 3.10. The minimum absolute atomic E-state index is 0.0246. The number of hydrogen-bond acceptors (Lipinski definition) is 3. The van der Waals surface area contributed by atoms with Crippen molar-refractivity contribution in [3.63, 3.8) is 0 Å². The second kappa shape index (κ2) is 6.98. The highest BCUT2D eigenvalue weighted by Gasteiger charge is 2.13. The fourth-order valence-electron chi connectivity index (χ4n) is 2.14. The summed E-state index contributed by atoms with van der Waals surface area (Å²) in [5, 5.41) is 7.87. The van der Waals surface area contributed by atoms with Gasteiger partial charge in [0.1, 0.15) is 0 Å². The van der Waals surface area contributed by atoms with E-state index < -0.39 is 10.0 Å². The lowest BCUT2D eigenvalue weighted by Gasteiger charge is -2.11. The lowest BCUT2D eigenvalue weighted by Crippen LogP contribution is -2.15. The molecule has 126 valence electrons. The Balaban J connectivity index is 2.22. The van der Waals surface area contributed by atoms with Gasteiger partial charge in [-0.25, -0.2) is 13.6 Å². The average Bonchev–Trinajstić information content (AvgIpc) is 2.50. The van der Waals surface area contributed by atoms with Crippen LogP contribution in [0.4, 0.5) is 5.69 Å². The molecule has 0 aliphatic heterocycles. The number of rotatable bonds is 4. The molecule has 24 heavy (non-hydrogen) atoms. The fourth-order valence-corrected chi connectivity index (χ4v) is 2.77. The first-order valence-electron chi connectivity index (χ1n) is 7.36.